The maximum Gasteiger partial charge on any atom is 0.229 e. The Morgan fingerprint density at radius 2 is 1.32 bits per heavy atom. The van der Waals surface area contributed by atoms with E-state index in [2.05, 4.69) is 0 Å². The first-order valence-corrected chi connectivity index (χ1v) is 11.3. The molecule has 200 valence electrons. The summed E-state index contributed by atoms with van der Waals surface area (Å²) in [6.07, 6.45) is -7.72. The van der Waals surface area contributed by atoms with E-state index in [1.807, 2.05) is 0 Å². The van der Waals surface area contributed by atoms with Crippen LogP contribution in [0.15, 0.2) is 12.1 Å². The standard InChI is InChI=1S/C25H28O12/c1-9-6-10-14(18(29)15-11(16(10)27)7-12(32-2)22(33-3)24(15)35-5)23(34-4)21(9)37-25-20(31)19(30)17(28)13(8-26)36-25/h6-7,13,17,19-20,25-26,28,30-31H,8H2,1-5H3/t13-,17-,19-,20-,25+/m0/s1. The fourth-order valence-electron chi connectivity index (χ4n) is 4.63. The number of aryl methyl sites for hydroxylation is 1. The minimum atomic E-state index is -1.70. The van der Waals surface area contributed by atoms with Crippen molar-refractivity contribution in [3.63, 3.8) is 0 Å². The summed E-state index contributed by atoms with van der Waals surface area (Å²) in [5.74, 6) is -0.948. The maximum atomic E-state index is 13.8. The van der Waals surface area contributed by atoms with Gasteiger partial charge in [-0.3, -0.25) is 9.59 Å². The molecule has 0 spiro atoms. The minimum Gasteiger partial charge on any atom is -0.493 e. The average molecular weight is 520 g/mol. The van der Waals surface area contributed by atoms with Crippen LogP contribution >= 0.6 is 0 Å². The van der Waals surface area contributed by atoms with Gasteiger partial charge in [0.05, 0.1) is 46.2 Å². The Labute approximate surface area is 211 Å². The molecule has 1 aliphatic heterocycles. The van der Waals surface area contributed by atoms with Gasteiger partial charge in [0.1, 0.15) is 24.4 Å². The lowest BCUT2D eigenvalue weighted by Gasteiger charge is -2.40. The van der Waals surface area contributed by atoms with Crippen molar-refractivity contribution in [1.29, 1.82) is 0 Å². The number of benzene rings is 2. The van der Waals surface area contributed by atoms with Crippen molar-refractivity contribution in [3.05, 3.63) is 39.9 Å². The van der Waals surface area contributed by atoms with Gasteiger partial charge in [-0.25, -0.2) is 0 Å². The predicted molar refractivity (Wildman–Crippen MR) is 125 cm³/mol. The van der Waals surface area contributed by atoms with Gasteiger partial charge in [0.15, 0.2) is 28.8 Å². The predicted octanol–water partition coefficient (Wildman–Crippen LogP) is -0.0165. The molecule has 0 unspecified atom stereocenters. The Morgan fingerprint density at radius 1 is 0.757 bits per heavy atom. The van der Waals surface area contributed by atoms with E-state index >= 15 is 0 Å². The van der Waals surface area contributed by atoms with E-state index in [1.165, 1.54) is 40.6 Å². The third-order valence-corrected chi connectivity index (χ3v) is 6.48. The Hall–Kier alpha value is -3.42. The van der Waals surface area contributed by atoms with E-state index < -0.39 is 48.9 Å². The highest BCUT2D eigenvalue weighted by molar-refractivity contribution is 6.31. The van der Waals surface area contributed by atoms with Gasteiger partial charge in [0.2, 0.25) is 17.8 Å². The molecule has 1 fully saturated rings. The third-order valence-electron chi connectivity index (χ3n) is 6.48. The summed E-state index contributed by atoms with van der Waals surface area (Å²) in [4.78, 5) is 27.4. The van der Waals surface area contributed by atoms with Crippen molar-refractivity contribution in [2.24, 2.45) is 0 Å². The SMILES string of the molecule is COc1cc2c(c(OC)c1OC)C(=O)c1c(cc(C)c(O[C@H]3O[C@@H](CO)[C@H](O)[C@H](O)[C@@H]3O)c1OC)C2=O. The number of aliphatic hydroxyl groups is 4. The quantitative estimate of drug-likeness (QED) is 0.329. The fraction of sp³-hybridized carbons (Fsp3) is 0.440. The molecule has 12 heteroatoms. The van der Waals surface area contributed by atoms with Gasteiger partial charge in [-0.05, 0) is 24.6 Å². The molecule has 0 bridgehead atoms. The molecule has 2 aromatic carbocycles. The molecule has 2 aromatic rings. The van der Waals surface area contributed by atoms with E-state index in [4.69, 9.17) is 28.4 Å². The second kappa shape index (κ2) is 10.1. The van der Waals surface area contributed by atoms with Gasteiger partial charge in [0, 0.05) is 11.1 Å². The van der Waals surface area contributed by atoms with Crippen molar-refractivity contribution in [2.75, 3.05) is 35.0 Å². The number of aliphatic hydroxyl groups excluding tert-OH is 4. The van der Waals surface area contributed by atoms with Crippen molar-refractivity contribution in [3.8, 4) is 28.7 Å². The van der Waals surface area contributed by atoms with Crippen LogP contribution < -0.4 is 23.7 Å². The van der Waals surface area contributed by atoms with Gasteiger partial charge >= 0.3 is 0 Å². The van der Waals surface area contributed by atoms with Gasteiger partial charge in [-0.2, -0.15) is 0 Å². The number of hydrogen-bond acceptors (Lipinski definition) is 12. The van der Waals surface area contributed by atoms with E-state index in [1.54, 1.807) is 6.92 Å². The van der Waals surface area contributed by atoms with E-state index in [9.17, 15) is 30.0 Å². The van der Waals surface area contributed by atoms with Crippen LogP contribution in [0.3, 0.4) is 0 Å². The van der Waals surface area contributed by atoms with Crippen LogP contribution in [0.1, 0.15) is 37.4 Å². The maximum absolute atomic E-state index is 13.8. The van der Waals surface area contributed by atoms with Crippen LogP contribution in [-0.4, -0.2) is 97.7 Å². The molecular weight excluding hydrogens is 492 g/mol. The lowest BCUT2D eigenvalue weighted by atomic mass is 9.81. The zero-order valence-corrected chi connectivity index (χ0v) is 20.8. The molecule has 1 heterocycles. The van der Waals surface area contributed by atoms with Crippen LogP contribution in [0.25, 0.3) is 0 Å². The van der Waals surface area contributed by atoms with Crippen LogP contribution in [0.4, 0.5) is 0 Å². The highest BCUT2D eigenvalue weighted by Crippen LogP contribution is 2.49. The molecule has 4 rings (SSSR count). The number of methoxy groups -OCH3 is 4. The van der Waals surface area contributed by atoms with Crippen molar-refractivity contribution in [1.82, 2.24) is 0 Å². The summed E-state index contributed by atoms with van der Waals surface area (Å²) >= 11 is 0. The molecule has 1 aliphatic carbocycles. The first-order valence-electron chi connectivity index (χ1n) is 11.3. The zero-order chi connectivity index (χ0) is 27.2. The second-order valence-corrected chi connectivity index (χ2v) is 8.52. The van der Waals surface area contributed by atoms with Crippen LogP contribution in [-0.2, 0) is 4.74 Å². The largest absolute Gasteiger partial charge is 0.493 e. The number of carbonyl (C=O) groups excluding carboxylic acids is 2. The van der Waals surface area contributed by atoms with E-state index in [-0.39, 0.29) is 51.0 Å². The Bertz CT molecular complexity index is 1240. The molecule has 0 aromatic heterocycles. The monoisotopic (exact) mass is 520 g/mol. The summed E-state index contributed by atoms with van der Waals surface area (Å²) in [5.41, 5.74) is 0.275. The molecular formula is C25H28O12. The zero-order valence-electron chi connectivity index (χ0n) is 20.8. The molecule has 0 amide bonds. The Morgan fingerprint density at radius 3 is 1.86 bits per heavy atom. The van der Waals surface area contributed by atoms with Gasteiger partial charge in [-0.15, -0.1) is 0 Å². The van der Waals surface area contributed by atoms with Crippen LogP contribution in [0, 0.1) is 6.92 Å². The summed E-state index contributed by atoms with van der Waals surface area (Å²) in [5, 5.41) is 40.1. The minimum absolute atomic E-state index is 0.000111. The second-order valence-electron chi connectivity index (χ2n) is 8.52. The number of rotatable bonds is 7. The average Bonchev–Trinajstić information content (AvgIpc) is 2.90. The lowest BCUT2D eigenvalue weighted by Crippen LogP contribution is -2.60. The molecule has 0 saturated carbocycles. The van der Waals surface area contributed by atoms with E-state index in [0.29, 0.717) is 5.56 Å². The van der Waals surface area contributed by atoms with Crippen molar-refractivity contribution < 1.29 is 58.4 Å². The molecule has 5 atom stereocenters. The molecule has 4 N–H and O–H groups in total. The molecule has 37 heavy (non-hydrogen) atoms. The smallest absolute Gasteiger partial charge is 0.229 e. The van der Waals surface area contributed by atoms with Crippen molar-refractivity contribution >= 4 is 11.6 Å². The van der Waals surface area contributed by atoms with E-state index in [0.717, 1.165) is 0 Å². The number of fused-ring (bicyclic) bond motifs is 2. The van der Waals surface area contributed by atoms with Crippen molar-refractivity contribution in [2.45, 2.75) is 37.6 Å². The van der Waals surface area contributed by atoms with Gasteiger partial charge < -0.3 is 48.8 Å². The molecule has 2 aliphatic rings. The molecule has 0 radical (unpaired) electrons. The number of ether oxygens (including phenoxy) is 6. The topological polar surface area (TPSA) is 170 Å². The summed E-state index contributed by atoms with van der Waals surface area (Å²) in [7, 11) is 5.36. The fourth-order valence-corrected chi connectivity index (χ4v) is 4.63. The summed E-state index contributed by atoms with van der Waals surface area (Å²) < 4.78 is 32.9. The first-order chi connectivity index (χ1) is 17.6. The number of ketones is 2. The molecule has 12 nitrogen and oxygen atoms in total. The van der Waals surface area contributed by atoms with Gasteiger partial charge in [-0.1, -0.05) is 0 Å². The Kier molecular flexibility index (Phi) is 7.31. The highest BCUT2D eigenvalue weighted by Gasteiger charge is 2.46. The number of hydrogen-bond donors (Lipinski definition) is 4. The highest BCUT2D eigenvalue weighted by atomic mass is 16.7. The summed E-state index contributed by atoms with van der Waals surface area (Å²) in [6, 6.07) is 2.84. The third kappa shape index (κ3) is 4.06. The summed E-state index contributed by atoms with van der Waals surface area (Å²) in [6.45, 7) is 0.935. The Balaban J connectivity index is 1.87. The van der Waals surface area contributed by atoms with Crippen LogP contribution in [0.5, 0.6) is 28.7 Å². The number of carbonyl (C=O) groups is 2. The first kappa shape index (κ1) is 26.6. The lowest BCUT2D eigenvalue weighted by molar-refractivity contribution is -0.277. The molecule has 1 saturated heterocycles. The van der Waals surface area contributed by atoms with Gasteiger partial charge in [0.25, 0.3) is 0 Å². The normalized spacial score (nSPS) is 24.7. The van der Waals surface area contributed by atoms with Crippen LogP contribution in [0.2, 0.25) is 0 Å².